The van der Waals surface area contributed by atoms with Crippen LogP contribution in [0, 0.1) is 17.3 Å². The Labute approximate surface area is 110 Å². The van der Waals surface area contributed by atoms with E-state index in [1.54, 1.807) is 13.8 Å². The third-order valence-corrected chi connectivity index (χ3v) is 3.46. The lowest BCUT2D eigenvalue weighted by atomic mass is 9.66. The van der Waals surface area contributed by atoms with Gasteiger partial charge >= 0.3 is 11.9 Å². The molecule has 0 fully saturated rings. The number of esters is 2. The van der Waals surface area contributed by atoms with Crippen molar-refractivity contribution in [2.24, 2.45) is 17.3 Å². The van der Waals surface area contributed by atoms with Gasteiger partial charge in [0.05, 0.1) is 25.0 Å². The van der Waals surface area contributed by atoms with Crippen LogP contribution in [-0.4, -0.2) is 25.2 Å². The lowest BCUT2D eigenvalue weighted by Gasteiger charge is -2.37. The van der Waals surface area contributed by atoms with E-state index in [9.17, 15) is 9.59 Å². The molecule has 0 saturated heterocycles. The van der Waals surface area contributed by atoms with Gasteiger partial charge in [0.1, 0.15) is 0 Å². The van der Waals surface area contributed by atoms with Gasteiger partial charge in [-0.25, -0.2) is 0 Å². The third kappa shape index (κ3) is 3.72. The minimum Gasteiger partial charge on any atom is -0.466 e. The van der Waals surface area contributed by atoms with Gasteiger partial charge in [0.25, 0.3) is 0 Å². The van der Waals surface area contributed by atoms with E-state index in [1.165, 1.54) is 0 Å². The van der Waals surface area contributed by atoms with Crippen LogP contribution in [-0.2, 0) is 19.1 Å². The van der Waals surface area contributed by atoms with Crippen LogP contribution in [0.4, 0.5) is 0 Å². The van der Waals surface area contributed by atoms with Gasteiger partial charge in [-0.15, -0.1) is 0 Å². The summed E-state index contributed by atoms with van der Waals surface area (Å²) in [5, 5.41) is 0. The van der Waals surface area contributed by atoms with Crippen LogP contribution < -0.4 is 0 Å². The molecule has 0 heterocycles. The molecule has 0 aromatic heterocycles. The highest BCUT2D eigenvalue weighted by atomic mass is 16.5. The first-order chi connectivity index (χ1) is 8.32. The molecule has 0 aliphatic heterocycles. The SMILES string of the molecule is CCOC(=O)CC(C(=O)OCC)(C(C)C)C(C)C. The number of carbonyl (C=O) groups excluding carboxylic acids is 2. The van der Waals surface area contributed by atoms with Crippen LogP contribution in [0.25, 0.3) is 0 Å². The van der Waals surface area contributed by atoms with Crippen LogP contribution in [0.5, 0.6) is 0 Å². The van der Waals surface area contributed by atoms with E-state index in [2.05, 4.69) is 0 Å². The average Bonchev–Trinajstić information content (AvgIpc) is 2.25. The van der Waals surface area contributed by atoms with Gasteiger partial charge in [-0.2, -0.15) is 0 Å². The Bertz CT molecular complexity index is 274. The second-order valence-electron chi connectivity index (χ2n) is 5.05. The lowest BCUT2D eigenvalue weighted by molar-refractivity contribution is -0.169. The molecule has 18 heavy (non-hydrogen) atoms. The predicted octanol–water partition coefficient (Wildman–Crippen LogP) is 2.80. The molecule has 0 aliphatic rings. The van der Waals surface area contributed by atoms with Gasteiger partial charge in [-0.1, -0.05) is 27.7 Å². The maximum absolute atomic E-state index is 12.3. The van der Waals surface area contributed by atoms with Crippen molar-refractivity contribution in [3.05, 3.63) is 0 Å². The van der Waals surface area contributed by atoms with Gasteiger partial charge in [0.15, 0.2) is 0 Å². The largest absolute Gasteiger partial charge is 0.466 e. The summed E-state index contributed by atoms with van der Waals surface area (Å²) in [7, 11) is 0. The molecule has 0 aromatic rings. The molecule has 0 rings (SSSR count). The monoisotopic (exact) mass is 258 g/mol. The molecule has 106 valence electrons. The highest BCUT2D eigenvalue weighted by molar-refractivity contribution is 5.84. The fourth-order valence-corrected chi connectivity index (χ4v) is 2.33. The topological polar surface area (TPSA) is 52.6 Å². The molecule has 4 nitrogen and oxygen atoms in total. The summed E-state index contributed by atoms with van der Waals surface area (Å²) in [4.78, 5) is 24.0. The van der Waals surface area contributed by atoms with Crippen molar-refractivity contribution in [1.82, 2.24) is 0 Å². The quantitative estimate of drug-likeness (QED) is 0.659. The Kier molecular flexibility index (Phi) is 6.96. The molecular weight excluding hydrogens is 232 g/mol. The summed E-state index contributed by atoms with van der Waals surface area (Å²) in [6, 6.07) is 0. The number of rotatable bonds is 7. The highest BCUT2D eigenvalue weighted by Gasteiger charge is 2.47. The van der Waals surface area contributed by atoms with Crippen LogP contribution in [0.1, 0.15) is 48.0 Å². The van der Waals surface area contributed by atoms with E-state index in [4.69, 9.17) is 9.47 Å². The Morgan fingerprint density at radius 3 is 1.72 bits per heavy atom. The fraction of sp³-hybridized carbons (Fsp3) is 0.857. The molecule has 0 N–H and O–H groups in total. The molecule has 0 unspecified atom stereocenters. The number of ether oxygens (including phenoxy) is 2. The summed E-state index contributed by atoms with van der Waals surface area (Å²) in [5.41, 5.74) is -0.803. The molecular formula is C14H26O4. The van der Waals surface area contributed by atoms with Crippen LogP contribution in [0.2, 0.25) is 0 Å². The van der Waals surface area contributed by atoms with E-state index < -0.39 is 5.41 Å². The van der Waals surface area contributed by atoms with Crippen molar-refractivity contribution in [3.63, 3.8) is 0 Å². The van der Waals surface area contributed by atoms with Crippen LogP contribution in [0.3, 0.4) is 0 Å². The summed E-state index contributed by atoms with van der Waals surface area (Å²) < 4.78 is 10.1. The zero-order chi connectivity index (χ0) is 14.3. The first-order valence-corrected chi connectivity index (χ1v) is 6.65. The van der Waals surface area contributed by atoms with Crippen molar-refractivity contribution in [2.75, 3.05) is 13.2 Å². The smallest absolute Gasteiger partial charge is 0.313 e. The van der Waals surface area contributed by atoms with Crippen molar-refractivity contribution < 1.29 is 19.1 Å². The number of carbonyl (C=O) groups is 2. The first kappa shape index (κ1) is 16.9. The molecule has 0 aliphatic carbocycles. The zero-order valence-corrected chi connectivity index (χ0v) is 12.4. The van der Waals surface area contributed by atoms with E-state index in [0.29, 0.717) is 13.2 Å². The maximum Gasteiger partial charge on any atom is 0.313 e. The van der Waals surface area contributed by atoms with Crippen molar-refractivity contribution in [1.29, 1.82) is 0 Å². The second-order valence-corrected chi connectivity index (χ2v) is 5.05. The third-order valence-electron chi connectivity index (χ3n) is 3.46. The minimum absolute atomic E-state index is 0.0148. The fourth-order valence-electron chi connectivity index (χ4n) is 2.33. The average molecular weight is 258 g/mol. The van der Waals surface area contributed by atoms with Gasteiger partial charge in [0, 0.05) is 0 Å². The molecule has 0 amide bonds. The van der Waals surface area contributed by atoms with E-state index in [1.807, 2.05) is 27.7 Å². The second kappa shape index (κ2) is 7.39. The molecule has 0 atom stereocenters. The summed E-state index contributed by atoms with van der Waals surface area (Å²) in [6.45, 7) is 11.9. The molecule has 0 spiro atoms. The Balaban J connectivity index is 5.23. The minimum atomic E-state index is -0.803. The van der Waals surface area contributed by atoms with Crippen molar-refractivity contribution in [2.45, 2.75) is 48.0 Å². The molecule has 0 aromatic carbocycles. The Morgan fingerprint density at radius 2 is 1.39 bits per heavy atom. The van der Waals surface area contributed by atoms with E-state index >= 15 is 0 Å². The Hall–Kier alpha value is -1.06. The van der Waals surface area contributed by atoms with Gasteiger partial charge in [-0.05, 0) is 25.7 Å². The van der Waals surface area contributed by atoms with Crippen molar-refractivity contribution >= 4 is 11.9 Å². The number of hydrogen-bond acceptors (Lipinski definition) is 4. The molecule has 0 radical (unpaired) electrons. The highest BCUT2D eigenvalue weighted by Crippen LogP contribution is 2.41. The zero-order valence-electron chi connectivity index (χ0n) is 12.4. The van der Waals surface area contributed by atoms with Crippen molar-refractivity contribution in [3.8, 4) is 0 Å². The van der Waals surface area contributed by atoms with Gasteiger partial charge in [-0.3, -0.25) is 9.59 Å². The van der Waals surface area contributed by atoms with Crippen LogP contribution in [0.15, 0.2) is 0 Å². The summed E-state index contributed by atoms with van der Waals surface area (Å²) in [5.74, 6) is -0.613. The molecule has 0 bridgehead atoms. The van der Waals surface area contributed by atoms with Gasteiger partial charge < -0.3 is 9.47 Å². The van der Waals surface area contributed by atoms with Crippen LogP contribution >= 0.6 is 0 Å². The summed E-state index contributed by atoms with van der Waals surface area (Å²) in [6.07, 6.45) is 0.0784. The predicted molar refractivity (Wildman–Crippen MR) is 70.0 cm³/mol. The first-order valence-electron chi connectivity index (χ1n) is 6.65. The van der Waals surface area contributed by atoms with E-state index in [0.717, 1.165) is 0 Å². The Morgan fingerprint density at radius 1 is 0.944 bits per heavy atom. The standard InChI is InChI=1S/C14H26O4/c1-7-17-12(15)9-14(10(3)4,11(5)6)13(16)18-8-2/h10-11H,7-9H2,1-6H3. The summed E-state index contributed by atoms with van der Waals surface area (Å²) >= 11 is 0. The molecule has 0 saturated carbocycles. The number of hydrogen-bond donors (Lipinski definition) is 0. The van der Waals surface area contributed by atoms with E-state index in [-0.39, 0.29) is 30.2 Å². The maximum atomic E-state index is 12.3. The normalized spacial score (nSPS) is 11.8. The molecule has 4 heteroatoms. The lowest BCUT2D eigenvalue weighted by Crippen LogP contribution is -2.44. The van der Waals surface area contributed by atoms with Gasteiger partial charge in [0.2, 0.25) is 0 Å².